The molecule has 1 aliphatic heterocycles. The number of thiophene rings is 1. The lowest BCUT2D eigenvalue weighted by Gasteiger charge is -2.02. The van der Waals surface area contributed by atoms with Crippen LogP contribution in [0.2, 0.25) is 0 Å². The number of nitro groups is 1. The van der Waals surface area contributed by atoms with Crippen LogP contribution in [-0.2, 0) is 4.79 Å². The van der Waals surface area contributed by atoms with E-state index in [-0.39, 0.29) is 11.5 Å². The van der Waals surface area contributed by atoms with Crippen molar-refractivity contribution in [3.8, 4) is 0 Å². The molecule has 9 heteroatoms. The third-order valence-electron chi connectivity index (χ3n) is 1.89. The monoisotopic (exact) mass is 254 g/mol. The molecular formula is C8H6N4O4S. The Morgan fingerprint density at radius 1 is 1.53 bits per heavy atom. The fourth-order valence-corrected chi connectivity index (χ4v) is 1.85. The second kappa shape index (κ2) is 4.29. The molecule has 1 fully saturated rings. The van der Waals surface area contributed by atoms with Gasteiger partial charge in [-0.05, 0) is 6.07 Å². The van der Waals surface area contributed by atoms with Gasteiger partial charge in [-0.1, -0.05) is 11.3 Å². The summed E-state index contributed by atoms with van der Waals surface area (Å²) >= 11 is 0.935. The van der Waals surface area contributed by atoms with Crippen LogP contribution >= 0.6 is 11.3 Å². The summed E-state index contributed by atoms with van der Waals surface area (Å²) in [7, 11) is 0. The number of urea groups is 1. The van der Waals surface area contributed by atoms with Gasteiger partial charge >= 0.3 is 11.0 Å². The third-order valence-corrected chi connectivity index (χ3v) is 2.86. The summed E-state index contributed by atoms with van der Waals surface area (Å²) < 4.78 is 0. The molecule has 0 aromatic carbocycles. The minimum absolute atomic E-state index is 0.00611. The van der Waals surface area contributed by atoms with Gasteiger partial charge in [0.15, 0.2) is 0 Å². The van der Waals surface area contributed by atoms with Gasteiger partial charge in [0, 0.05) is 6.07 Å². The van der Waals surface area contributed by atoms with Crippen molar-refractivity contribution < 1.29 is 14.5 Å². The highest BCUT2D eigenvalue weighted by atomic mass is 32.1. The molecule has 1 aliphatic rings. The van der Waals surface area contributed by atoms with Crippen LogP contribution in [-0.4, -0.2) is 34.6 Å². The van der Waals surface area contributed by atoms with Crippen LogP contribution in [0.25, 0.3) is 0 Å². The standard InChI is InChI=1S/C8H6N4O4S/c13-6-4-11(8(14)10-6)9-3-5-1-2-7(17-5)12(15)16/h1-3H,4H2,(H,10,13,14)/b9-3+. The van der Waals surface area contributed by atoms with E-state index in [1.165, 1.54) is 18.3 Å². The van der Waals surface area contributed by atoms with Crippen molar-refractivity contribution in [2.75, 3.05) is 6.54 Å². The molecule has 3 amide bonds. The Bertz CT molecular complexity index is 523. The Kier molecular flexibility index (Phi) is 2.83. The molecule has 88 valence electrons. The van der Waals surface area contributed by atoms with Crippen LogP contribution < -0.4 is 5.32 Å². The second-order valence-corrected chi connectivity index (χ2v) is 4.18. The van der Waals surface area contributed by atoms with E-state index in [1.54, 1.807) is 0 Å². The molecule has 8 nitrogen and oxygen atoms in total. The number of hydrogen-bond donors (Lipinski definition) is 1. The largest absolute Gasteiger partial charge is 0.344 e. The molecule has 0 atom stereocenters. The van der Waals surface area contributed by atoms with Crippen molar-refractivity contribution in [2.45, 2.75) is 0 Å². The fraction of sp³-hybridized carbons (Fsp3) is 0.125. The number of amides is 3. The van der Waals surface area contributed by atoms with Gasteiger partial charge in [0.1, 0.15) is 6.54 Å². The second-order valence-electron chi connectivity index (χ2n) is 3.09. The lowest BCUT2D eigenvalue weighted by molar-refractivity contribution is -0.380. The molecule has 0 spiro atoms. The van der Waals surface area contributed by atoms with Crippen LogP contribution in [0.1, 0.15) is 4.88 Å². The van der Waals surface area contributed by atoms with Gasteiger partial charge in [0.05, 0.1) is 16.0 Å². The molecule has 2 heterocycles. The fourth-order valence-electron chi connectivity index (χ4n) is 1.16. The number of nitrogens with zero attached hydrogens (tertiary/aromatic N) is 3. The summed E-state index contributed by atoms with van der Waals surface area (Å²) in [6.07, 6.45) is 1.30. The van der Waals surface area contributed by atoms with E-state index in [0.717, 1.165) is 16.3 Å². The molecule has 0 aliphatic carbocycles. The molecule has 1 aromatic rings. The molecule has 17 heavy (non-hydrogen) atoms. The van der Waals surface area contributed by atoms with Crippen molar-refractivity contribution in [2.24, 2.45) is 5.10 Å². The number of nitrogens with one attached hydrogen (secondary N) is 1. The highest BCUT2D eigenvalue weighted by Crippen LogP contribution is 2.22. The van der Waals surface area contributed by atoms with Crippen LogP contribution in [0, 0.1) is 10.1 Å². The average Bonchev–Trinajstić information content (AvgIpc) is 2.82. The predicted octanol–water partition coefficient (Wildman–Crippen LogP) is 0.542. The molecule has 1 saturated heterocycles. The SMILES string of the molecule is O=C1CN(/N=C/c2ccc([N+](=O)[O-])s2)C(=O)N1. The number of imide groups is 1. The van der Waals surface area contributed by atoms with Gasteiger partial charge in [0.25, 0.3) is 0 Å². The van der Waals surface area contributed by atoms with Crippen LogP contribution in [0.4, 0.5) is 9.80 Å². The lowest BCUT2D eigenvalue weighted by atomic mass is 10.5. The highest BCUT2D eigenvalue weighted by Gasteiger charge is 2.25. The van der Waals surface area contributed by atoms with E-state index in [1.807, 2.05) is 0 Å². The Morgan fingerprint density at radius 3 is 2.82 bits per heavy atom. The van der Waals surface area contributed by atoms with Gasteiger partial charge in [0.2, 0.25) is 5.91 Å². The Balaban J connectivity index is 2.07. The van der Waals surface area contributed by atoms with Crippen molar-refractivity contribution >= 4 is 34.5 Å². The summed E-state index contributed by atoms with van der Waals surface area (Å²) in [5.41, 5.74) is 0. The smallest absolute Gasteiger partial charge is 0.275 e. The van der Waals surface area contributed by atoms with Crippen LogP contribution in [0.3, 0.4) is 0 Å². The van der Waals surface area contributed by atoms with E-state index < -0.39 is 16.9 Å². The zero-order valence-electron chi connectivity index (χ0n) is 8.32. The summed E-state index contributed by atoms with van der Waals surface area (Å²) in [6.45, 7) is -0.136. The first-order valence-corrected chi connectivity index (χ1v) is 5.27. The van der Waals surface area contributed by atoms with E-state index in [0.29, 0.717) is 4.88 Å². The summed E-state index contributed by atoms with van der Waals surface area (Å²) in [4.78, 5) is 32.4. The van der Waals surface area contributed by atoms with Crippen molar-refractivity contribution in [1.82, 2.24) is 10.3 Å². The van der Waals surface area contributed by atoms with Gasteiger partial charge in [-0.25, -0.2) is 9.80 Å². The number of carbonyl (C=O) groups excluding carboxylic acids is 2. The van der Waals surface area contributed by atoms with E-state index in [4.69, 9.17) is 0 Å². The maximum Gasteiger partial charge on any atom is 0.344 e. The first-order valence-electron chi connectivity index (χ1n) is 4.46. The summed E-state index contributed by atoms with van der Waals surface area (Å²) in [6, 6.07) is 2.26. The number of carbonyl (C=O) groups is 2. The molecule has 0 bridgehead atoms. The van der Waals surface area contributed by atoms with E-state index in [9.17, 15) is 19.7 Å². The molecule has 0 saturated carbocycles. The van der Waals surface area contributed by atoms with Gasteiger partial charge in [-0.2, -0.15) is 5.10 Å². The topological polar surface area (TPSA) is 105 Å². The number of hydrazone groups is 1. The average molecular weight is 254 g/mol. The number of hydrogen-bond acceptors (Lipinski definition) is 6. The normalized spacial score (nSPS) is 15.6. The van der Waals surface area contributed by atoms with Gasteiger partial charge in [-0.3, -0.25) is 20.2 Å². The Morgan fingerprint density at radius 2 is 2.29 bits per heavy atom. The third kappa shape index (κ3) is 2.45. The van der Waals surface area contributed by atoms with Gasteiger partial charge in [-0.15, -0.1) is 0 Å². The van der Waals surface area contributed by atoms with Crippen molar-refractivity contribution in [3.05, 3.63) is 27.1 Å². The maximum absolute atomic E-state index is 11.1. The number of rotatable bonds is 3. The molecule has 0 unspecified atom stereocenters. The molecule has 1 aromatic heterocycles. The summed E-state index contributed by atoms with van der Waals surface area (Å²) in [5, 5.41) is 17.2. The predicted molar refractivity (Wildman–Crippen MR) is 58.8 cm³/mol. The van der Waals surface area contributed by atoms with Crippen molar-refractivity contribution in [1.29, 1.82) is 0 Å². The van der Waals surface area contributed by atoms with Crippen LogP contribution in [0.15, 0.2) is 17.2 Å². The van der Waals surface area contributed by atoms with E-state index in [2.05, 4.69) is 10.4 Å². The maximum atomic E-state index is 11.1. The molecular weight excluding hydrogens is 248 g/mol. The van der Waals surface area contributed by atoms with Gasteiger partial charge < -0.3 is 0 Å². The van der Waals surface area contributed by atoms with Crippen molar-refractivity contribution in [3.63, 3.8) is 0 Å². The zero-order valence-corrected chi connectivity index (χ0v) is 9.14. The Hall–Kier alpha value is -2.29. The molecule has 1 N–H and O–H groups in total. The summed E-state index contributed by atoms with van der Waals surface area (Å²) in [5.74, 6) is -0.427. The lowest BCUT2D eigenvalue weighted by Crippen LogP contribution is -2.24. The first kappa shape index (κ1) is 11.2. The van der Waals surface area contributed by atoms with E-state index >= 15 is 0 Å². The molecule has 2 rings (SSSR count). The molecule has 0 radical (unpaired) electrons. The quantitative estimate of drug-likeness (QED) is 0.368. The highest BCUT2D eigenvalue weighted by molar-refractivity contribution is 7.16. The first-order chi connectivity index (χ1) is 8.06. The minimum Gasteiger partial charge on any atom is -0.275 e. The Labute approximate surface area is 98.7 Å². The van der Waals surface area contributed by atoms with Crippen LogP contribution in [0.5, 0.6) is 0 Å². The minimum atomic E-state index is -0.600. The zero-order chi connectivity index (χ0) is 12.4.